The molecule has 2 aromatic rings. The molecule has 3 rings (SSSR count). The predicted octanol–water partition coefficient (Wildman–Crippen LogP) is 2.25. The van der Waals surface area contributed by atoms with Crippen molar-refractivity contribution < 1.29 is 9.53 Å². The summed E-state index contributed by atoms with van der Waals surface area (Å²) < 4.78 is 5.45. The Morgan fingerprint density at radius 1 is 1.28 bits per heavy atom. The minimum absolute atomic E-state index is 0.112. The molecule has 0 saturated heterocycles. The summed E-state index contributed by atoms with van der Waals surface area (Å²) >= 11 is 0. The molecule has 6 heteroatoms. The van der Waals surface area contributed by atoms with Crippen LogP contribution in [0.2, 0.25) is 0 Å². The average molecular weight is 341 g/mol. The summed E-state index contributed by atoms with van der Waals surface area (Å²) in [5.41, 5.74) is 3.04. The Balaban J connectivity index is 1.67. The zero-order valence-electron chi connectivity index (χ0n) is 14.5. The number of pyridine rings is 1. The van der Waals surface area contributed by atoms with Crippen molar-refractivity contribution >= 4 is 6.03 Å². The van der Waals surface area contributed by atoms with Gasteiger partial charge >= 0.3 is 6.03 Å². The van der Waals surface area contributed by atoms with E-state index in [2.05, 4.69) is 16.4 Å². The quantitative estimate of drug-likeness (QED) is 0.899. The van der Waals surface area contributed by atoms with Crippen molar-refractivity contribution in [1.29, 1.82) is 0 Å². The summed E-state index contributed by atoms with van der Waals surface area (Å²) in [7, 11) is 1.67. The van der Waals surface area contributed by atoms with Crippen molar-refractivity contribution in [1.82, 2.24) is 15.2 Å². The van der Waals surface area contributed by atoms with Gasteiger partial charge in [0.1, 0.15) is 5.75 Å². The van der Waals surface area contributed by atoms with Gasteiger partial charge in [-0.2, -0.15) is 0 Å². The lowest BCUT2D eigenvalue weighted by Gasteiger charge is -2.23. The van der Waals surface area contributed by atoms with E-state index in [1.54, 1.807) is 19.4 Å². The molecule has 0 bridgehead atoms. The van der Waals surface area contributed by atoms with Crippen LogP contribution in [-0.4, -0.2) is 36.1 Å². The summed E-state index contributed by atoms with van der Waals surface area (Å²) in [4.78, 5) is 28.5. The lowest BCUT2D eigenvalue weighted by atomic mass is 10.0. The van der Waals surface area contributed by atoms with Crippen LogP contribution in [0.4, 0.5) is 4.79 Å². The Hall–Kier alpha value is -2.76. The third-order valence-electron chi connectivity index (χ3n) is 4.66. The molecule has 0 spiro atoms. The second-order valence-corrected chi connectivity index (χ2v) is 6.24. The highest BCUT2D eigenvalue weighted by atomic mass is 16.5. The number of nitrogens with one attached hydrogen (secondary N) is 2. The third kappa shape index (κ3) is 3.84. The molecule has 2 N–H and O–H groups in total. The Kier molecular flexibility index (Phi) is 5.07. The first-order valence-corrected chi connectivity index (χ1v) is 8.47. The topological polar surface area (TPSA) is 74.4 Å². The van der Waals surface area contributed by atoms with Crippen molar-refractivity contribution in [3.63, 3.8) is 0 Å². The van der Waals surface area contributed by atoms with Gasteiger partial charge in [0.15, 0.2) is 0 Å². The molecule has 0 radical (unpaired) electrons. The monoisotopic (exact) mass is 341 g/mol. The number of hydrogen-bond donors (Lipinski definition) is 2. The number of nitrogens with zero attached hydrogens (tertiary/aromatic N) is 1. The van der Waals surface area contributed by atoms with E-state index in [-0.39, 0.29) is 17.6 Å². The molecule has 1 aromatic heterocycles. The molecular formula is C19H23N3O3. The first kappa shape index (κ1) is 17.1. The van der Waals surface area contributed by atoms with Crippen LogP contribution in [0, 0.1) is 0 Å². The number of amides is 2. The minimum Gasteiger partial charge on any atom is -0.496 e. The molecule has 6 nitrogen and oxygen atoms in total. The van der Waals surface area contributed by atoms with E-state index in [1.807, 2.05) is 24.0 Å². The van der Waals surface area contributed by atoms with Gasteiger partial charge in [-0.1, -0.05) is 12.1 Å². The van der Waals surface area contributed by atoms with Crippen LogP contribution in [-0.2, 0) is 12.8 Å². The van der Waals surface area contributed by atoms with Gasteiger partial charge in [0, 0.05) is 25.4 Å². The Bertz CT molecular complexity index is 816. The summed E-state index contributed by atoms with van der Waals surface area (Å²) in [6, 6.07) is 9.02. The van der Waals surface area contributed by atoms with Crippen molar-refractivity contribution in [2.75, 3.05) is 20.2 Å². The number of carbonyl (C=O) groups is 1. The number of carbonyl (C=O) groups excluding carboxylic acids is 1. The van der Waals surface area contributed by atoms with Crippen LogP contribution in [0.25, 0.3) is 0 Å². The molecule has 132 valence electrons. The van der Waals surface area contributed by atoms with Gasteiger partial charge in [-0.15, -0.1) is 0 Å². The van der Waals surface area contributed by atoms with Crippen molar-refractivity contribution in [3.05, 3.63) is 63.6 Å². The van der Waals surface area contributed by atoms with Crippen molar-refractivity contribution in [2.24, 2.45) is 0 Å². The molecule has 1 aliphatic rings. The highest BCUT2D eigenvalue weighted by Gasteiger charge is 2.21. The van der Waals surface area contributed by atoms with Crippen LogP contribution < -0.4 is 15.6 Å². The number of ether oxygens (including phenoxy) is 1. The number of urea groups is 1. The fourth-order valence-corrected chi connectivity index (χ4v) is 3.23. The van der Waals surface area contributed by atoms with Gasteiger partial charge in [-0.05, 0) is 48.6 Å². The summed E-state index contributed by atoms with van der Waals surface area (Å²) in [6.07, 6.45) is 3.17. The fourth-order valence-electron chi connectivity index (χ4n) is 3.23. The van der Waals surface area contributed by atoms with E-state index in [9.17, 15) is 9.59 Å². The molecule has 1 aromatic carbocycles. The van der Waals surface area contributed by atoms with E-state index in [4.69, 9.17) is 4.74 Å². The summed E-state index contributed by atoms with van der Waals surface area (Å²) in [6.45, 7) is 3.18. The molecule has 25 heavy (non-hydrogen) atoms. The van der Waals surface area contributed by atoms with Gasteiger partial charge in [0.25, 0.3) is 0 Å². The highest BCUT2D eigenvalue weighted by Crippen LogP contribution is 2.26. The van der Waals surface area contributed by atoms with Crippen LogP contribution in [0.1, 0.15) is 29.7 Å². The van der Waals surface area contributed by atoms with Gasteiger partial charge in [-0.25, -0.2) is 4.79 Å². The number of hydrogen-bond acceptors (Lipinski definition) is 3. The van der Waals surface area contributed by atoms with Crippen LogP contribution in [0.5, 0.6) is 5.75 Å². The predicted molar refractivity (Wildman–Crippen MR) is 96.0 cm³/mol. The van der Waals surface area contributed by atoms with Crippen LogP contribution in [0.15, 0.2) is 41.3 Å². The zero-order chi connectivity index (χ0) is 17.8. The first-order valence-electron chi connectivity index (χ1n) is 8.47. The van der Waals surface area contributed by atoms with E-state index in [0.717, 1.165) is 24.2 Å². The Morgan fingerprint density at radius 2 is 2.08 bits per heavy atom. The van der Waals surface area contributed by atoms with Crippen LogP contribution >= 0.6 is 0 Å². The van der Waals surface area contributed by atoms with Gasteiger partial charge in [0.05, 0.1) is 13.2 Å². The number of fused-ring (bicyclic) bond motifs is 1. The lowest BCUT2D eigenvalue weighted by molar-refractivity contribution is 0.197. The van der Waals surface area contributed by atoms with Gasteiger partial charge < -0.3 is 19.9 Å². The molecule has 2 heterocycles. The number of benzene rings is 1. The molecule has 1 unspecified atom stereocenters. The second kappa shape index (κ2) is 7.42. The molecule has 0 saturated carbocycles. The molecular weight excluding hydrogens is 318 g/mol. The third-order valence-corrected chi connectivity index (χ3v) is 4.66. The first-order chi connectivity index (χ1) is 12.1. The van der Waals surface area contributed by atoms with Crippen molar-refractivity contribution in [2.45, 2.75) is 25.8 Å². The summed E-state index contributed by atoms with van der Waals surface area (Å²) in [5, 5.41) is 2.98. The molecule has 1 aliphatic heterocycles. The maximum absolute atomic E-state index is 12.6. The van der Waals surface area contributed by atoms with Crippen LogP contribution in [0.3, 0.4) is 0 Å². The number of H-pyrrole nitrogens is 1. The van der Waals surface area contributed by atoms with Gasteiger partial charge in [0.2, 0.25) is 5.56 Å². The Labute approximate surface area is 146 Å². The maximum Gasteiger partial charge on any atom is 0.317 e. The van der Waals surface area contributed by atoms with E-state index >= 15 is 0 Å². The van der Waals surface area contributed by atoms with E-state index in [1.165, 1.54) is 17.2 Å². The average Bonchev–Trinajstić information content (AvgIpc) is 2.84. The molecule has 0 fully saturated rings. The largest absolute Gasteiger partial charge is 0.496 e. The van der Waals surface area contributed by atoms with Gasteiger partial charge in [-0.3, -0.25) is 4.79 Å². The summed E-state index contributed by atoms with van der Waals surface area (Å²) in [5.74, 6) is 0.886. The molecule has 1 atom stereocenters. The number of methoxy groups -OCH3 is 1. The Morgan fingerprint density at radius 3 is 2.84 bits per heavy atom. The van der Waals surface area contributed by atoms with Crippen molar-refractivity contribution in [3.8, 4) is 5.75 Å². The number of aromatic amines is 1. The maximum atomic E-state index is 12.6. The fraction of sp³-hybridized carbons (Fsp3) is 0.368. The second-order valence-electron chi connectivity index (χ2n) is 6.24. The number of rotatable bonds is 3. The lowest BCUT2D eigenvalue weighted by Crippen LogP contribution is -2.42. The number of aromatic nitrogens is 1. The van der Waals surface area contributed by atoms with E-state index in [0.29, 0.717) is 13.1 Å². The highest BCUT2D eigenvalue weighted by molar-refractivity contribution is 5.75. The molecule has 0 aliphatic carbocycles. The SMILES string of the molecule is COc1cccc2c1CCN(C(=O)NC(C)c1cc[nH]c(=O)c1)CC2. The smallest absolute Gasteiger partial charge is 0.317 e. The minimum atomic E-state index is -0.227. The van der Waals surface area contributed by atoms with E-state index < -0.39 is 0 Å². The molecule has 2 amide bonds. The zero-order valence-corrected chi connectivity index (χ0v) is 14.5. The standard InChI is InChI=1S/C19H23N3O3/c1-13(15-6-9-20-18(23)12-15)21-19(24)22-10-7-14-4-3-5-17(25-2)16(14)8-11-22/h3-6,9,12-13H,7-8,10-11H2,1-2H3,(H,20,23)(H,21,24). The normalized spacial score (nSPS) is 15.0.